The van der Waals surface area contributed by atoms with Crippen molar-refractivity contribution in [2.45, 2.75) is 39.5 Å². The molecule has 0 spiro atoms. The molecule has 1 aliphatic rings. The number of carbonyl (C=O) groups excluding carboxylic acids is 3. The molecule has 1 aliphatic carbocycles. The Morgan fingerprint density at radius 2 is 1.52 bits per heavy atom. The topological polar surface area (TPSA) is 78.9 Å². The van der Waals surface area contributed by atoms with Crippen LogP contribution in [0.4, 0.5) is 0 Å². The average Bonchev–Trinajstić information content (AvgIpc) is 3.34. The smallest absolute Gasteiger partial charge is 0.338 e. The zero-order valence-corrected chi connectivity index (χ0v) is 23.0. The molecule has 0 aromatic heterocycles. The number of ether oxygens (including phenoxy) is 3. The summed E-state index contributed by atoms with van der Waals surface area (Å²) in [7, 11) is 0. The molecule has 1 atom stereocenters. The maximum absolute atomic E-state index is 12.4. The molecule has 0 heterocycles. The summed E-state index contributed by atoms with van der Waals surface area (Å²) < 4.78 is 16.3. The molecule has 4 rings (SSSR count). The highest BCUT2D eigenvalue weighted by Gasteiger charge is 2.24. The van der Waals surface area contributed by atoms with E-state index < -0.39 is 17.9 Å². The first-order valence-corrected chi connectivity index (χ1v) is 13.0. The summed E-state index contributed by atoms with van der Waals surface area (Å²) in [6, 6.07) is 17.4. The third kappa shape index (κ3) is 6.29. The number of hydrogen-bond acceptors (Lipinski definition) is 6. The summed E-state index contributed by atoms with van der Waals surface area (Å²) >= 11 is 0. The predicted octanol–water partition coefficient (Wildman–Crippen LogP) is 7.05. The van der Waals surface area contributed by atoms with Crippen LogP contribution in [0.25, 0.3) is 22.3 Å². The lowest BCUT2D eigenvalue weighted by atomic mass is 9.92. The first-order chi connectivity index (χ1) is 19.1. The normalized spacial score (nSPS) is 13.6. The van der Waals surface area contributed by atoms with Gasteiger partial charge in [0.05, 0.1) is 6.61 Å². The van der Waals surface area contributed by atoms with Gasteiger partial charge in [-0.15, -0.1) is 0 Å². The third-order valence-corrected chi connectivity index (χ3v) is 6.85. The summed E-state index contributed by atoms with van der Waals surface area (Å²) in [5.41, 5.74) is 7.57. The molecule has 6 heteroatoms. The molecule has 1 unspecified atom stereocenters. The lowest BCUT2D eigenvalue weighted by Crippen LogP contribution is -2.11. The minimum atomic E-state index is -0.578. The molecular formula is C34H32O6. The lowest BCUT2D eigenvalue weighted by molar-refractivity contribution is -0.138. The van der Waals surface area contributed by atoms with Crippen LogP contribution in [0.15, 0.2) is 91.6 Å². The van der Waals surface area contributed by atoms with E-state index in [9.17, 15) is 14.4 Å². The van der Waals surface area contributed by atoms with Crippen LogP contribution in [0.2, 0.25) is 0 Å². The second kappa shape index (κ2) is 12.0. The van der Waals surface area contributed by atoms with Crippen LogP contribution in [0.1, 0.15) is 42.9 Å². The molecule has 0 saturated carbocycles. The van der Waals surface area contributed by atoms with Gasteiger partial charge in [0.25, 0.3) is 0 Å². The number of aryl methyl sites for hydroxylation is 2. The van der Waals surface area contributed by atoms with Gasteiger partial charge < -0.3 is 14.2 Å². The van der Waals surface area contributed by atoms with Crippen molar-refractivity contribution in [3.8, 4) is 33.8 Å². The molecular weight excluding hydrogens is 504 g/mol. The molecule has 0 N–H and O–H groups in total. The fourth-order valence-corrected chi connectivity index (χ4v) is 4.68. The van der Waals surface area contributed by atoms with Gasteiger partial charge in [-0.25, -0.2) is 14.4 Å². The molecule has 0 fully saturated rings. The number of esters is 3. The van der Waals surface area contributed by atoms with E-state index in [2.05, 4.69) is 44.0 Å². The highest BCUT2D eigenvalue weighted by atomic mass is 16.5. The van der Waals surface area contributed by atoms with E-state index in [1.54, 1.807) is 26.0 Å². The van der Waals surface area contributed by atoms with Crippen LogP contribution < -0.4 is 9.47 Å². The quantitative estimate of drug-likeness (QED) is 0.166. The molecule has 0 saturated heterocycles. The van der Waals surface area contributed by atoms with Crippen LogP contribution in [-0.4, -0.2) is 24.5 Å². The molecule has 204 valence electrons. The number of hydrogen-bond donors (Lipinski definition) is 0. The van der Waals surface area contributed by atoms with E-state index >= 15 is 0 Å². The Balaban J connectivity index is 1.66. The molecule has 3 aromatic carbocycles. The summed E-state index contributed by atoms with van der Waals surface area (Å²) in [6.45, 7) is 16.2. The Morgan fingerprint density at radius 1 is 0.875 bits per heavy atom. The van der Waals surface area contributed by atoms with Gasteiger partial charge in [0.2, 0.25) is 0 Å². The third-order valence-electron chi connectivity index (χ3n) is 6.85. The molecule has 0 aliphatic heterocycles. The zero-order valence-electron chi connectivity index (χ0n) is 23.0. The van der Waals surface area contributed by atoms with E-state index in [1.807, 2.05) is 19.1 Å². The number of rotatable bonds is 9. The summed E-state index contributed by atoms with van der Waals surface area (Å²) in [6.07, 6.45) is 3.07. The lowest BCUT2D eigenvalue weighted by Gasteiger charge is -2.16. The predicted molar refractivity (Wildman–Crippen MR) is 155 cm³/mol. The van der Waals surface area contributed by atoms with Gasteiger partial charge in [-0.1, -0.05) is 56.1 Å². The monoisotopic (exact) mass is 536 g/mol. The standard InChI is InChI=1S/C34H32O6/c1-7-32(35)38-19-26-11-9-23-8-10-25(17-30(23)26)24-12-14-28(22(6)16-24)29-15-13-27(39-33(36)20(2)3)18-31(29)40-34(37)21(4)5/h7-8,10,12-18,26H,1-2,4,9,11,19H2,3,5-6H3. The van der Waals surface area contributed by atoms with Crippen molar-refractivity contribution in [2.75, 3.05) is 6.61 Å². The van der Waals surface area contributed by atoms with Gasteiger partial charge in [-0.3, -0.25) is 0 Å². The molecule has 0 bridgehead atoms. The minimum absolute atomic E-state index is 0.155. The van der Waals surface area contributed by atoms with E-state index in [-0.39, 0.29) is 28.6 Å². The Bertz CT molecular complexity index is 1540. The molecule has 0 amide bonds. The Kier molecular flexibility index (Phi) is 8.49. The Morgan fingerprint density at radius 3 is 2.20 bits per heavy atom. The maximum atomic E-state index is 12.4. The summed E-state index contributed by atoms with van der Waals surface area (Å²) in [4.78, 5) is 36.0. The molecule has 40 heavy (non-hydrogen) atoms. The second-order valence-corrected chi connectivity index (χ2v) is 10.0. The highest BCUT2D eigenvalue weighted by Crippen LogP contribution is 2.39. The van der Waals surface area contributed by atoms with Crippen LogP contribution in [0.5, 0.6) is 11.5 Å². The largest absolute Gasteiger partial charge is 0.462 e. The van der Waals surface area contributed by atoms with E-state index in [4.69, 9.17) is 14.2 Å². The van der Waals surface area contributed by atoms with Crippen LogP contribution >= 0.6 is 0 Å². The fourth-order valence-electron chi connectivity index (χ4n) is 4.68. The highest BCUT2D eigenvalue weighted by molar-refractivity contribution is 5.91. The second-order valence-electron chi connectivity index (χ2n) is 10.0. The molecule has 0 radical (unpaired) electrons. The van der Waals surface area contributed by atoms with Crippen LogP contribution in [0.3, 0.4) is 0 Å². The fraction of sp³-hybridized carbons (Fsp3) is 0.206. The number of benzene rings is 3. The summed E-state index contributed by atoms with van der Waals surface area (Å²) in [5.74, 6) is -0.910. The molecule has 3 aromatic rings. The van der Waals surface area contributed by atoms with Crippen LogP contribution in [-0.2, 0) is 25.5 Å². The maximum Gasteiger partial charge on any atom is 0.338 e. The van der Waals surface area contributed by atoms with Gasteiger partial charge in [0, 0.05) is 34.8 Å². The van der Waals surface area contributed by atoms with Crippen molar-refractivity contribution in [1.29, 1.82) is 0 Å². The number of carbonyl (C=O) groups is 3. The number of fused-ring (bicyclic) bond motifs is 1. The van der Waals surface area contributed by atoms with Crippen molar-refractivity contribution < 1.29 is 28.6 Å². The van der Waals surface area contributed by atoms with Crippen molar-refractivity contribution in [3.05, 3.63) is 108 Å². The average molecular weight is 537 g/mol. The van der Waals surface area contributed by atoms with Crippen molar-refractivity contribution in [3.63, 3.8) is 0 Å². The van der Waals surface area contributed by atoms with Crippen molar-refractivity contribution >= 4 is 17.9 Å². The summed E-state index contributed by atoms with van der Waals surface area (Å²) in [5, 5.41) is 0. The van der Waals surface area contributed by atoms with E-state index in [0.717, 1.165) is 35.1 Å². The van der Waals surface area contributed by atoms with Crippen molar-refractivity contribution in [1.82, 2.24) is 0 Å². The first kappa shape index (κ1) is 28.3. The Hall–Kier alpha value is -4.71. The first-order valence-electron chi connectivity index (χ1n) is 13.0. The van der Waals surface area contributed by atoms with E-state index in [1.165, 1.54) is 23.3 Å². The zero-order chi connectivity index (χ0) is 29.0. The Labute approximate surface area is 234 Å². The van der Waals surface area contributed by atoms with Gasteiger partial charge >= 0.3 is 17.9 Å². The van der Waals surface area contributed by atoms with Crippen LogP contribution in [0, 0.1) is 6.92 Å². The van der Waals surface area contributed by atoms with Crippen molar-refractivity contribution in [2.24, 2.45) is 0 Å². The SMILES string of the molecule is C=CC(=O)OCC1CCc2ccc(-c3ccc(-c4ccc(OC(=O)C(=C)C)cc4OC(=O)C(=C)C)c(C)c3)cc21. The van der Waals surface area contributed by atoms with Gasteiger partial charge in [0.15, 0.2) is 0 Å². The van der Waals surface area contributed by atoms with E-state index in [0.29, 0.717) is 12.2 Å². The van der Waals surface area contributed by atoms with Gasteiger partial charge in [-0.2, -0.15) is 0 Å². The van der Waals surface area contributed by atoms with Gasteiger partial charge in [-0.05, 0) is 79.1 Å². The molecule has 6 nitrogen and oxygen atoms in total. The van der Waals surface area contributed by atoms with Gasteiger partial charge in [0.1, 0.15) is 11.5 Å². The minimum Gasteiger partial charge on any atom is -0.462 e.